The third-order valence-electron chi connectivity index (χ3n) is 3.45. The highest BCUT2D eigenvalue weighted by Crippen LogP contribution is 2.31. The number of hydrogen-bond donors (Lipinski definition) is 1. The number of benzene rings is 2. The van der Waals surface area contributed by atoms with Gasteiger partial charge in [-0.1, -0.05) is 30.3 Å². The van der Waals surface area contributed by atoms with Gasteiger partial charge in [0.05, 0.1) is 11.8 Å². The number of hydrogen-bond acceptors (Lipinski definition) is 4. The molecule has 0 bridgehead atoms. The summed E-state index contributed by atoms with van der Waals surface area (Å²) in [6.07, 6.45) is -4.50. The number of para-hydroxylation sites is 2. The van der Waals surface area contributed by atoms with E-state index in [-0.39, 0.29) is 12.2 Å². The Hall–Kier alpha value is -3.03. The van der Waals surface area contributed by atoms with E-state index in [1.807, 2.05) is 0 Å². The summed E-state index contributed by atoms with van der Waals surface area (Å²) in [5, 5.41) is 3.59. The van der Waals surface area contributed by atoms with Crippen LogP contribution in [0.15, 0.2) is 53.6 Å². The van der Waals surface area contributed by atoms with E-state index < -0.39 is 23.8 Å². The Labute approximate surface area is 141 Å². The molecule has 1 atom stereocenters. The van der Waals surface area contributed by atoms with E-state index in [1.54, 1.807) is 24.3 Å². The van der Waals surface area contributed by atoms with Gasteiger partial charge in [0, 0.05) is 5.56 Å². The van der Waals surface area contributed by atoms with Crippen LogP contribution in [0.1, 0.15) is 11.1 Å². The van der Waals surface area contributed by atoms with Gasteiger partial charge in [-0.25, -0.2) is 5.43 Å². The van der Waals surface area contributed by atoms with Crippen molar-refractivity contribution >= 4 is 12.1 Å². The van der Waals surface area contributed by atoms with Gasteiger partial charge in [-0.2, -0.15) is 18.3 Å². The van der Waals surface area contributed by atoms with Gasteiger partial charge in [0.15, 0.2) is 11.5 Å². The van der Waals surface area contributed by atoms with E-state index in [0.29, 0.717) is 11.5 Å². The smallest absolute Gasteiger partial charge is 0.417 e. The number of ether oxygens (including phenoxy) is 2. The number of rotatable bonds is 3. The van der Waals surface area contributed by atoms with Crippen molar-refractivity contribution in [3.05, 3.63) is 59.7 Å². The molecule has 0 saturated heterocycles. The van der Waals surface area contributed by atoms with Crippen molar-refractivity contribution < 1.29 is 27.4 Å². The molecular formula is C17H13F3N2O3. The second-order valence-corrected chi connectivity index (χ2v) is 5.18. The van der Waals surface area contributed by atoms with Crippen molar-refractivity contribution in [3.8, 4) is 11.5 Å². The van der Waals surface area contributed by atoms with Crippen LogP contribution in [-0.2, 0) is 11.0 Å². The van der Waals surface area contributed by atoms with E-state index in [0.717, 1.165) is 12.3 Å². The van der Waals surface area contributed by atoms with Crippen LogP contribution in [-0.4, -0.2) is 24.8 Å². The maximum Gasteiger partial charge on any atom is 0.417 e. The molecule has 2 aromatic carbocycles. The molecule has 0 aliphatic carbocycles. The molecule has 0 fully saturated rings. The molecule has 130 valence electrons. The highest BCUT2D eigenvalue weighted by atomic mass is 19.4. The summed E-state index contributed by atoms with van der Waals surface area (Å²) >= 11 is 0. The first-order valence-corrected chi connectivity index (χ1v) is 7.33. The Kier molecular flexibility index (Phi) is 4.60. The number of nitrogens with zero attached hydrogens (tertiary/aromatic N) is 1. The van der Waals surface area contributed by atoms with Crippen molar-refractivity contribution in [2.24, 2.45) is 5.10 Å². The van der Waals surface area contributed by atoms with Crippen LogP contribution in [0.4, 0.5) is 13.2 Å². The van der Waals surface area contributed by atoms with Crippen molar-refractivity contribution in [1.82, 2.24) is 5.43 Å². The van der Waals surface area contributed by atoms with E-state index >= 15 is 0 Å². The van der Waals surface area contributed by atoms with E-state index in [9.17, 15) is 18.0 Å². The third-order valence-corrected chi connectivity index (χ3v) is 3.45. The van der Waals surface area contributed by atoms with Crippen LogP contribution in [0, 0.1) is 0 Å². The number of hydrazone groups is 1. The molecule has 1 aliphatic heterocycles. The second-order valence-electron chi connectivity index (χ2n) is 5.18. The first-order valence-electron chi connectivity index (χ1n) is 7.33. The minimum atomic E-state index is -4.50. The molecule has 1 aliphatic rings. The van der Waals surface area contributed by atoms with Crippen molar-refractivity contribution in [1.29, 1.82) is 0 Å². The largest absolute Gasteiger partial charge is 0.485 e. The van der Waals surface area contributed by atoms with Gasteiger partial charge in [0.2, 0.25) is 6.10 Å². The van der Waals surface area contributed by atoms with E-state index in [4.69, 9.17) is 9.47 Å². The fraction of sp³-hybridized carbons (Fsp3) is 0.176. The number of carbonyl (C=O) groups is 1. The Morgan fingerprint density at radius 3 is 2.56 bits per heavy atom. The van der Waals surface area contributed by atoms with Gasteiger partial charge in [-0.15, -0.1) is 0 Å². The number of nitrogens with one attached hydrogen (secondary N) is 1. The molecule has 1 unspecified atom stereocenters. The van der Waals surface area contributed by atoms with Gasteiger partial charge >= 0.3 is 6.18 Å². The van der Waals surface area contributed by atoms with Gasteiger partial charge in [0.1, 0.15) is 6.61 Å². The highest BCUT2D eigenvalue weighted by Gasteiger charge is 2.32. The number of carbonyl (C=O) groups excluding carboxylic acids is 1. The monoisotopic (exact) mass is 350 g/mol. The molecule has 1 amide bonds. The van der Waals surface area contributed by atoms with Crippen LogP contribution in [0.3, 0.4) is 0 Å². The summed E-state index contributed by atoms with van der Waals surface area (Å²) in [6.45, 7) is -0.0164. The zero-order valence-electron chi connectivity index (χ0n) is 12.8. The minimum absolute atomic E-state index is 0.0164. The highest BCUT2D eigenvalue weighted by molar-refractivity contribution is 5.86. The Bertz CT molecular complexity index is 806. The van der Waals surface area contributed by atoms with E-state index in [1.165, 1.54) is 18.2 Å². The third kappa shape index (κ3) is 3.90. The molecule has 1 heterocycles. The minimum Gasteiger partial charge on any atom is -0.485 e. The lowest BCUT2D eigenvalue weighted by Gasteiger charge is -2.24. The lowest BCUT2D eigenvalue weighted by molar-refractivity contribution is -0.137. The zero-order chi connectivity index (χ0) is 17.9. The van der Waals surface area contributed by atoms with Crippen LogP contribution in [0.25, 0.3) is 0 Å². The first kappa shape index (κ1) is 16.8. The van der Waals surface area contributed by atoms with Crippen molar-refractivity contribution in [3.63, 3.8) is 0 Å². The van der Waals surface area contributed by atoms with Crippen LogP contribution in [0.5, 0.6) is 11.5 Å². The van der Waals surface area contributed by atoms with Gasteiger partial charge in [-0.3, -0.25) is 4.79 Å². The predicted octanol–water partition coefficient (Wildman–Crippen LogP) is 3.00. The van der Waals surface area contributed by atoms with Gasteiger partial charge < -0.3 is 9.47 Å². The van der Waals surface area contributed by atoms with Crippen LogP contribution >= 0.6 is 0 Å². The number of alkyl halides is 3. The fourth-order valence-electron chi connectivity index (χ4n) is 2.25. The van der Waals surface area contributed by atoms with Gasteiger partial charge in [-0.05, 0) is 18.2 Å². The Morgan fingerprint density at radius 2 is 1.80 bits per heavy atom. The summed E-state index contributed by atoms with van der Waals surface area (Å²) < 4.78 is 49.5. The maximum absolute atomic E-state index is 12.9. The average Bonchev–Trinajstić information content (AvgIpc) is 2.60. The number of fused-ring (bicyclic) bond motifs is 1. The molecule has 0 spiro atoms. The molecule has 0 radical (unpaired) electrons. The first-order chi connectivity index (χ1) is 11.9. The van der Waals surface area contributed by atoms with Crippen LogP contribution < -0.4 is 14.9 Å². The number of amides is 1. The molecule has 0 aromatic heterocycles. The molecule has 5 nitrogen and oxygen atoms in total. The molecular weight excluding hydrogens is 337 g/mol. The molecule has 0 saturated carbocycles. The lowest BCUT2D eigenvalue weighted by atomic mass is 10.1. The summed E-state index contributed by atoms with van der Waals surface area (Å²) in [4.78, 5) is 12.0. The van der Waals surface area contributed by atoms with Crippen molar-refractivity contribution in [2.75, 3.05) is 6.61 Å². The quantitative estimate of drug-likeness (QED) is 0.684. The summed E-state index contributed by atoms with van der Waals surface area (Å²) in [5.74, 6) is 0.324. The predicted molar refractivity (Wildman–Crippen MR) is 83.5 cm³/mol. The van der Waals surface area contributed by atoms with Crippen LogP contribution in [0.2, 0.25) is 0 Å². The SMILES string of the molecule is O=C(N/N=C/c1ccccc1C(F)(F)F)C1COc2ccccc2O1. The Morgan fingerprint density at radius 1 is 1.12 bits per heavy atom. The molecule has 1 N–H and O–H groups in total. The topological polar surface area (TPSA) is 59.9 Å². The number of halogens is 3. The lowest BCUT2D eigenvalue weighted by Crippen LogP contribution is -2.42. The fourth-order valence-corrected chi connectivity index (χ4v) is 2.25. The Balaban J connectivity index is 1.65. The summed E-state index contributed by atoms with van der Waals surface area (Å²) in [5.41, 5.74) is 1.18. The molecule has 25 heavy (non-hydrogen) atoms. The maximum atomic E-state index is 12.9. The summed E-state index contributed by atoms with van der Waals surface area (Å²) in [7, 11) is 0. The second kappa shape index (κ2) is 6.84. The van der Waals surface area contributed by atoms with Crippen molar-refractivity contribution in [2.45, 2.75) is 12.3 Å². The summed E-state index contributed by atoms with van der Waals surface area (Å²) in [6, 6.07) is 11.8. The zero-order valence-corrected chi connectivity index (χ0v) is 12.8. The molecule has 8 heteroatoms. The molecule has 2 aromatic rings. The average molecular weight is 350 g/mol. The normalized spacial score (nSPS) is 16.7. The molecule has 3 rings (SSSR count). The van der Waals surface area contributed by atoms with Gasteiger partial charge in [0.25, 0.3) is 5.91 Å². The standard InChI is InChI=1S/C17H13F3N2O3/c18-17(19,20)12-6-2-1-5-11(12)9-21-22-16(23)15-10-24-13-7-3-4-8-14(13)25-15/h1-9,15H,10H2,(H,22,23)/b21-9+. The van der Waals surface area contributed by atoms with E-state index in [2.05, 4.69) is 10.5 Å².